The number of esters is 1. The van der Waals surface area contributed by atoms with Crippen molar-refractivity contribution in [2.45, 2.75) is 19.8 Å². The summed E-state index contributed by atoms with van der Waals surface area (Å²) in [4.78, 5) is 24.4. The normalized spacial score (nSPS) is 10.9. The van der Waals surface area contributed by atoms with Crippen LogP contribution in [0.5, 0.6) is 17.2 Å². The molecular formula is C26H25ClN2O5. The average molecular weight is 481 g/mol. The van der Waals surface area contributed by atoms with Crippen molar-refractivity contribution in [2.75, 3.05) is 13.7 Å². The molecule has 0 radical (unpaired) electrons. The van der Waals surface area contributed by atoms with Crippen molar-refractivity contribution < 1.29 is 23.8 Å². The highest BCUT2D eigenvalue weighted by Gasteiger charge is 2.15. The maximum Gasteiger partial charge on any atom is 0.345 e. The van der Waals surface area contributed by atoms with E-state index in [-0.39, 0.29) is 17.9 Å². The first-order valence-electron chi connectivity index (χ1n) is 10.6. The fraction of sp³-hybridized carbons (Fsp3) is 0.192. The Kier molecular flexibility index (Phi) is 8.65. The fourth-order valence-electron chi connectivity index (χ4n) is 2.94. The van der Waals surface area contributed by atoms with E-state index in [1.54, 1.807) is 42.5 Å². The third-order valence-electron chi connectivity index (χ3n) is 4.80. The Morgan fingerprint density at radius 3 is 2.44 bits per heavy atom. The minimum atomic E-state index is -0.601. The number of carbonyl (C=O) groups is 2. The smallest absolute Gasteiger partial charge is 0.345 e. The fourth-order valence-corrected chi connectivity index (χ4v) is 3.15. The first-order chi connectivity index (χ1) is 16.4. The molecule has 0 atom stereocenters. The molecule has 0 aliphatic heterocycles. The van der Waals surface area contributed by atoms with Gasteiger partial charge in [0.15, 0.2) is 18.1 Å². The predicted molar refractivity (Wildman–Crippen MR) is 131 cm³/mol. The molecule has 0 aliphatic rings. The number of nitrogens with one attached hydrogen (secondary N) is 1. The van der Waals surface area contributed by atoms with Crippen molar-refractivity contribution in [1.82, 2.24) is 5.43 Å². The molecule has 0 bridgehead atoms. The molecule has 3 aromatic rings. The van der Waals surface area contributed by atoms with Gasteiger partial charge in [-0.2, -0.15) is 5.10 Å². The molecule has 8 heteroatoms. The Balaban J connectivity index is 1.54. The maximum atomic E-state index is 12.4. The van der Waals surface area contributed by atoms with Crippen LogP contribution in [0.1, 0.15) is 41.3 Å². The molecular weight excluding hydrogens is 456 g/mol. The number of hydrogen-bond acceptors (Lipinski definition) is 6. The molecule has 176 valence electrons. The number of hydrazone groups is 1. The predicted octanol–water partition coefficient (Wildman–Crippen LogP) is 5.22. The molecule has 34 heavy (non-hydrogen) atoms. The largest absolute Gasteiger partial charge is 0.493 e. The van der Waals surface area contributed by atoms with Gasteiger partial charge in [0.1, 0.15) is 5.75 Å². The van der Waals surface area contributed by atoms with Crippen molar-refractivity contribution in [3.05, 3.63) is 88.4 Å². The first kappa shape index (κ1) is 24.8. The van der Waals surface area contributed by atoms with Crippen molar-refractivity contribution in [2.24, 2.45) is 5.10 Å². The zero-order chi connectivity index (χ0) is 24.5. The minimum absolute atomic E-state index is 0.168. The number of hydrogen-bond donors (Lipinski definition) is 1. The van der Waals surface area contributed by atoms with Crippen LogP contribution in [-0.2, 0) is 4.79 Å². The Morgan fingerprint density at radius 2 is 1.76 bits per heavy atom. The van der Waals surface area contributed by atoms with Crippen LogP contribution >= 0.6 is 11.6 Å². The van der Waals surface area contributed by atoms with Crippen molar-refractivity contribution in [1.29, 1.82) is 0 Å². The molecule has 1 amide bonds. The summed E-state index contributed by atoms with van der Waals surface area (Å²) in [5, 5.41) is 4.23. The van der Waals surface area contributed by atoms with Crippen LogP contribution in [0, 0.1) is 0 Å². The Labute approximate surface area is 203 Å². The van der Waals surface area contributed by atoms with Crippen molar-refractivity contribution in [3.63, 3.8) is 0 Å². The third kappa shape index (κ3) is 6.83. The van der Waals surface area contributed by atoms with Gasteiger partial charge < -0.3 is 14.2 Å². The van der Waals surface area contributed by atoms with Gasteiger partial charge >= 0.3 is 5.97 Å². The second kappa shape index (κ2) is 11.9. The summed E-state index contributed by atoms with van der Waals surface area (Å²) in [5.74, 6) is 0.580. The molecule has 0 aromatic heterocycles. The van der Waals surface area contributed by atoms with E-state index in [4.69, 9.17) is 25.8 Å². The number of nitrogens with zero attached hydrogens (tertiary/aromatic N) is 1. The highest BCUT2D eigenvalue weighted by molar-refractivity contribution is 6.33. The van der Waals surface area contributed by atoms with E-state index in [2.05, 4.69) is 24.4 Å². The molecule has 3 rings (SSSR count). The monoisotopic (exact) mass is 480 g/mol. The number of benzene rings is 3. The lowest BCUT2D eigenvalue weighted by Gasteiger charge is -2.10. The summed E-state index contributed by atoms with van der Waals surface area (Å²) in [6.45, 7) is 4.05. The lowest BCUT2D eigenvalue weighted by molar-refractivity contribution is -0.123. The van der Waals surface area contributed by atoms with Gasteiger partial charge in [-0.1, -0.05) is 49.7 Å². The quantitative estimate of drug-likeness (QED) is 0.196. The molecule has 0 saturated carbocycles. The van der Waals surface area contributed by atoms with Crippen LogP contribution in [0.3, 0.4) is 0 Å². The van der Waals surface area contributed by atoms with E-state index in [1.165, 1.54) is 18.9 Å². The van der Waals surface area contributed by atoms with Crippen LogP contribution < -0.4 is 19.6 Å². The van der Waals surface area contributed by atoms with Crippen LogP contribution in [0.15, 0.2) is 71.8 Å². The summed E-state index contributed by atoms with van der Waals surface area (Å²) in [7, 11) is 1.45. The summed E-state index contributed by atoms with van der Waals surface area (Å²) in [6.07, 6.45) is 1.44. The molecule has 0 saturated heterocycles. The van der Waals surface area contributed by atoms with Gasteiger partial charge in [-0.05, 0) is 59.5 Å². The Morgan fingerprint density at radius 1 is 1.03 bits per heavy atom. The Bertz CT molecular complexity index is 1180. The third-order valence-corrected chi connectivity index (χ3v) is 5.13. The SMILES string of the molecule is COc1cc(C=NNC(=O)COc2ccc(C(C)C)cc2)ccc1OC(=O)c1ccccc1Cl. The number of methoxy groups -OCH3 is 1. The zero-order valence-corrected chi connectivity index (χ0v) is 19.8. The molecule has 7 nitrogen and oxygen atoms in total. The standard InChI is InChI=1S/C26H25ClN2O5/c1-17(2)19-9-11-20(12-10-19)33-16-25(30)29-28-15-18-8-13-23(24(14-18)32-3)34-26(31)21-6-4-5-7-22(21)27/h4-15,17H,16H2,1-3H3,(H,29,30). The summed E-state index contributed by atoms with van der Waals surface area (Å²) in [6, 6.07) is 19.1. The van der Waals surface area contributed by atoms with Crippen molar-refractivity contribution in [3.8, 4) is 17.2 Å². The van der Waals surface area contributed by atoms with Gasteiger partial charge in [0, 0.05) is 0 Å². The molecule has 0 aliphatic carbocycles. The van der Waals surface area contributed by atoms with Gasteiger partial charge in [0.05, 0.1) is 23.9 Å². The number of carbonyl (C=O) groups excluding carboxylic acids is 2. The van der Waals surface area contributed by atoms with E-state index in [1.807, 2.05) is 24.3 Å². The highest BCUT2D eigenvalue weighted by Crippen LogP contribution is 2.29. The number of amides is 1. The Hall–Kier alpha value is -3.84. The zero-order valence-electron chi connectivity index (χ0n) is 19.1. The summed E-state index contributed by atoms with van der Waals surface area (Å²) >= 11 is 6.05. The maximum absolute atomic E-state index is 12.4. The number of rotatable bonds is 9. The van der Waals surface area contributed by atoms with Crippen LogP contribution in [0.2, 0.25) is 5.02 Å². The molecule has 1 N–H and O–H groups in total. The van der Waals surface area contributed by atoms with Crippen LogP contribution in [-0.4, -0.2) is 31.8 Å². The molecule has 0 unspecified atom stereocenters. The lowest BCUT2D eigenvalue weighted by Crippen LogP contribution is -2.24. The van der Waals surface area contributed by atoms with Gasteiger partial charge in [-0.25, -0.2) is 10.2 Å². The van der Waals surface area contributed by atoms with Gasteiger partial charge in [-0.15, -0.1) is 0 Å². The minimum Gasteiger partial charge on any atom is -0.493 e. The second-order valence-corrected chi connectivity index (χ2v) is 7.99. The van der Waals surface area contributed by atoms with Crippen molar-refractivity contribution >= 4 is 29.7 Å². The number of halogens is 1. The van der Waals surface area contributed by atoms with E-state index in [0.717, 1.165) is 0 Å². The van der Waals surface area contributed by atoms with Gasteiger partial charge in [0.2, 0.25) is 0 Å². The first-order valence-corrected chi connectivity index (χ1v) is 10.9. The lowest BCUT2D eigenvalue weighted by atomic mass is 10.0. The van der Waals surface area contributed by atoms with E-state index in [9.17, 15) is 9.59 Å². The molecule has 0 heterocycles. The molecule has 3 aromatic carbocycles. The summed E-state index contributed by atoms with van der Waals surface area (Å²) < 4.78 is 16.2. The van der Waals surface area contributed by atoms with Crippen LogP contribution in [0.25, 0.3) is 0 Å². The van der Waals surface area contributed by atoms with Crippen LogP contribution in [0.4, 0.5) is 0 Å². The number of ether oxygens (including phenoxy) is 3. The van der Waals surface area contributed by atoms with Gasteiger partial charge in [-0.3, -0.25) is 4.79 Å². The summed E-state index contributed by atoms with van der Waals surface area (Å²) in [5.41, 5.74) is 4.48. The average Bonchev–Trinajstić information content (AvgIpc) is 2.84. The molecule has 0 fully saturated rings. The topological polar surface area (TPSA) is 86.2 Å². The second-order valence-electron chi connectivity index (χ2n) is 7.59. The van der Waals surface area contributed by atoms with Gasteiger partial charge in [0.25, 0.3) is 5.91 Å². The molecule has 0 spiro atoms. The van der Waals surface area contributed by atoms with E-state index >= 15 is 0 Å². The highest BCUT2D eigenvalue weighted by atomic mass is 35.5. The van der Waals surface area contributed by atoms with E-state index in [0.29, 0.717) is 28.0 Å². The van der Waals surface area contributed by atoms with E-state index < -0.39 is 11.9 Å².